The molecule has 96 heavy (non-hydrogen) atoms. The molecule has 4 aliphatic rings. The summed E-state index contributed by atoms with van der Waals surface area (Å²) in [5.41, 5.74) is 24.6. The van der Waals surface area contributed by atoms with Crippen LogP contribution in [0.5, 0.6) is 5.75 Å². The summed E-state index contributed by atoms with van der Waals surface area (Å²) in [5, 5.41) is 71.7. The van der Waals surface area contributed by atoms with Gasteiger partial charge in [-0.15, -0.1) is 0 Å². The van der Waals surface area contributed by atoms with Gasteiger partial charge in [0.2, 0.25) is 35.1 Å². The molecular formula is C61H102N14O21. The summed E-state index contributed by atoms with van der Waals surface area (Å²) in [7, 11) is 0. The molecule has 4 heterocycles. The van der Waals surface area contributed by atoms with Crippen molar-refractivity contribution in [3.05, 3.63) is 53.0 Å². The molecule has 2 fully saturated rings. The van der Waals surface area contributed by atoms with E-state index in [1.54, 1.807) is 0 Å². The lowest BCUT2D eigenvalue weighted by Crippen LogP contribution is -2.60. The zero-order chi connectivity index (χ0) is 69.9. The van der Waals surface area contributed by atoms with Crippen LogP contribution in [0.1, 0.15) is 38.3 Å². The number of benzene rings is 1. The number of aliphatic carboxylic acids is 2. The molecule has 18 N–H and O–H groups in total. The second-order valence-electron chi connectivity index (χ2n) is 23.3. The van der Waals surface area contributed by atoms with Crippen LogP contribution < -0.4 is 48.9 Å². The number of hydrogen-bond donors (Lipinski definition) is 14. The molecule has 4 aliphatic heterocycles. The smallest absolute Gasteiger partial charge is 0.370 e. The van der Waals surface area contributed by atoms with Crippen LogP contribution in [-0.2, 0) is 79.5 Å². The van der Waals surface area contributed by atoms with Gasteiger partial charge in [0.05, 0.1) is 83.6 Å². The van der Waals surface area contributed by atoms with E-state index in [9.17, 15) is 59.4 Å². The van der Waals surface area contributed by atoms with Gasteiger partial charge in [-0.3, -0.25) is 29.0 Å². The molecule has 5 rings (SSSR count). The largest absolute Gasteiger partial charge is 0.491 e. The van der Waals surface area contributed by atoms with Crippen LogP contribution in [-0.4, -0.2) is 336 Å². The Morgan fingerprint density at radius 2 is 0.906 bits per heavy atom. The maximum Gasteiger partial charge on any atom is 0.370 e. The van der Waals surface area contributed by atoms with Gasteiger partial charge in [0, 0.05) is 112 Å². The highest BCUT2D eigenvalue weighted by Gasteiger charge is 2.47. The molecule has 0 aromatic heterocycles. The minimum Gasteiger partial charge on any atom is -0.491 e. The number of piperazine rings is 2. The monoisotopic (exact) mass is 1370 g/mol. The van der Waals surface area contributed by atoms with Crippen LogP contribution in [0.4, 0.5) is 0 Å². The van der Waals surface area contributed by atoms with Gasteiger partial charge in [-0.2, -0.15) is 0 Å². The number of nitrogens with two attached hydrogens (primary N) is 4. The van der Waals surface area contributed by atoms with Gasteiger partial charge >= 0.3 is 11.9 Å². The molecule has 2 saturated heterocycles. The van der Waals surface area contributed by atoms with E-state index in [4.69, 9.17) is 65.6 Å². The Morgan fingerprint density at radius 3 is 1.24 bits per heavy atom. The van der Waals surface area contributed by atoms with E-state index in [0.29, 0.717) is 72.6 Å². The summed E-state index contributed by atoms with van der Waals surface area (Å²) >= 11 is 0. The van der Waals surface area contributed by atoms with Crippen molar-refractivity contribution in [1.82, 2.24) is 40.9 Å². The summed E-state index contributed by atoms with van der Waals surface area (Å²) < 4.78 is 51.5. The van der Waals surface area contributed by atoms with Gasteiger partial charge in [-0.05, 0) is 54.7 Å². The third-order valence-electron chi connectivity index (χ3n) is 15.8. The molecule has 35 nitrogen and oxygen atoms in total. The molecule has 542 valence electrons. The van der Waals surface area contributed by atoms with E-state index in [-0.39, 0.29) is 13.1 Å². The molecule has 0 bridgehead atoms. The number of aliphatic imine (C=N–C) groups is 2. The second-order valence-corrected chi connectivity index (χ2v) is 23.3. The number of nitrogens with zero attached hydrogens (tertiary/aromatic N) is 6. The number of carboxylic acid groups (broad SMARTS) is 2. The highest BCUT2D eigenvalue weighted by Crippen LogP contribution is 2.29. The summed E-state index contributed by atoms with van der Waals surface area (Å²) in [6, 6.07) is 1.73. The minimum absolute atomic E-state index is 0.269. The molecule has 35 heteroatoms. The Hall–Kier alpha value is -7.10. The van der Waals surface area contributed by atoms with Gasteiger partial charge in [0.15, 0.2) is 24.1 Å². The Morgan fingerprint density at radius 1 is 0.552 bits per heavy atom. The molecule has 0 aliphatic carbocycles. The predicted molar refractivity (Wildman–Crippen MR) is 346 cm³/mol. The zero-order valence-corrected chi connectivity index (χ0v) is 55.2. The highest BCUT2D eigenvalue weighted by molar-refractivity contribution is 5.86. The van der Waals surface area contributed by atoms with E-state index in [1.807, 2.05) is 0 Å². The van der Waals surface area contributed by atoms with Gasteiger partial charge in [0.25, 0.3) is 0 Å². The molecule has 10 atom stereocenters. The number of aliphatic hydroxyl groups is 4. The Balaban J connectivity index is 1.08. The number of aliphatic hydroxyl groups excluding tert-OH is 4. The van der Waals surface area contributed by atoms with Crippen molar-refractivity contribution < 1.29 is 102 Å². The van der Waals surface area contributed by atoms with E-state index < -0.39 is 146 Å². The fourth-order valence-corrected chi connectivity index (χ4v) is 11.1. The molecule has 0 radical (unpaired) electrons. The third-order valence-corrected chi connectivity index (χ3v) is 15.8. The van der Waals surface area contributed by atoms with Crippen LogP contribution in [0.25, 0.3) is 0 Å². The minimum atomic E-state index is -1.67. The predicted octanol–water partition coefficient (Wildman–Crippen LogP) is -6.40. The number of rotatable bonds is 45. The first-order valence-corrected chi connectivity index (χ1v) is 32.3. The summed E-state index contributed by atoms with van der Waals surface area (Å²) in [6.07, 6.45) is -4.58. The standard InChI is InChI=1S/C61H102N14O21/c1-4-21-88-22-23-89-24-25-90-26-27-91-28-29-92-43-31-41(5-9-72-13-17-74(18-14-72)11-7-66-50(82)37-93-54(46(80)35-76)56-52(68-39(2)78)44(70-60(62)63)33-48(95-56)58(84)85)30-42(32-43)6-10-73-15-19-75(20-16-73)12-8-67-51(83)38-94-55(47(81)36-77)57-53(69-40(3)79)45(71-61(64)65)34-49(96-57)59(86)87/h30-34,44-47,52-57,76-77,80-81H,4-29,35-38H2,1-3H3,(H,66,82)(H,67,83)(H,68,78)(H,69,79)(H,84,85)(H,86,87)(H4,62,63,70)(H4,64,65,71)/t44-,45-,46+,47+,52+,53+,54+,55+,56+,57+/m0/s1. The fourth-order valence-electron chi connectivity index (χ4n) is 11.1. The molecule has 1 aromatic rings. The third kappa shape index (κ3) is 28.9. The molecular weight excluding hydrogens is 1260 g/mol. The number of carbonyl (C=O) groups excluding carboxylic acids is 4. The first-order valence-electron chi connectivity index (χ1n) is 32.3. The molecule has 0 unspecified atom stereocenters. The van der Waals surface area contributed by atoms with E-state index in [1.165, 1.54) is 13.8 Å². The number of carbonyl (C=O) groups is 6. The molecule has 0 saturated carbocycles. The van der Waals surface area contributed by atoms with Crippen LogP contribution >= 0.6 is 0 Å². The summed E-state index contributed by atoms with van der Waals surface area (Å²) in [4.78, 5) is 91.9. The van der Waals surface area contributed by atoms with Gasteiger partial charge in [-0.25, -0.2) is 19.6 Å². The number of amides is 4. The molecule has 4 amide bonds. The van der Waals surface area contributed by atoms with Gasteiger partial charge in [-0.1, -0.05) is 13.0 Å². The van der Waals surface area contributed by atoms with Crippen molar-refractivity contribution in [3.8, 4) is 5.75 Å². The lowest BCUT2D eigenvalue weighted by Gasteiger charge is -2.40. The maximum atomic E-state index is 13.1. The SMILES string of the molecule is CCCOCCOCCOCCOCCOc1cc(CCN2CCN(CCNC(=O)CO[C@@H]([C@@H]3OC(C(=O)O)=C[C@H](N=C(N)N)[C@H]3NC(C)=O)[C@H](O)CO)CC2)cc(CCN2CCN(CCNC(=O)CO[C@@H]([C@@H]3OC(C(=O)O)=C[C@H](N=C(N)N)[C@H]3NC(C)=O)[C@H](O)CO)CC2)c1. The normalized spacial score (nSPS) is 21.5. The first-order chi connectivity index (χ1) is 46.1. The summed E-state index contributed by atoms with van der Waals surface area (Å²) in [5.74, 6) is -6.48. The highest BCUT2D eigenvalue weighted by atomic mass is 16.6. The zero-order valence-electron chi connectivity index (χ0n) is 55.2. The number of carboxylic acids is 2. The molecule has 0 spiro atoms. The van der Waals surface area contributed by atoms with Crippen molar-refractivity contribution >= 4 is 47.5 Å². The number of ether oxygens (including phenoxy) is 9. The van der Waals surface area contributed by atoms with Crippen molar-refractivity contribution in [1.29, 1.82) is 0 Å². The lowest BCUT2D eigenvalue weighted by atomic mass is 9.92. The quantitative estimate of drug-likeness (QED) is 0.0164. The van der Waals surface area contributed by atoms with Crippen LogP contribution in [0.2, 0.25) is 0 Å². The second kappa shape index (κ2) is 43.2. The van der Waals surface area contributed by atoms with Gasteiger partial charge in [0.1, 0.15) is 50.0 Å². The Bertz CT molecular complexity index is 2530. The van der Waals surface area contributed by atoms with Crippen LogP contribution in [0.15, 0.2) is 51.9 Å². The van der Waals surface area contributed by atoms with E-state index >= 15 is 0 Å². The van der Waals surface area contributed by atoms with E-state index in [2.05, 4.69) is 76.0 Å². The number of guanidine groups is 2. The topological polar surface area (TPSA) is 497 Å². The Kier molecular flexibility index (Phi) is 35.8. The number of nitrogens with one attached hydrogen (secondary N) is 4. The Labute approximate surface area is 558 Å². The first kappa shape index (κ1) is 79.6. The van der Waals surface area contributed by atoms with Crippen molar-refractivity contribution in [2.75, 3.05) is 178 Å². The molecule has 1 aromatic carbocycles. The fraction of sp³-hybridized carbons (Fsp3) is 0.705. The average molecular weight is 1370 g/mol. The maximum absolute atomic E-state index is 13.1. The van der Waals surface area contributed by atoms with Crippen LogP contribution in [0.3, 0.4) is 0 Å². The average Bonchev–Trinajstić information content (AvgIpc) is 0.804. The van der Waals surface area contributed by atoms with Crippen molar-refractivity contribution in [2.24, 2.45) is 32.9 Å². The van der Waals surface area contributed by atoms with E-state index in [0.717, 1.165) is 114 Å². The van der Waals surface area contributed by atoms with Gasteiger partial charge < -0.3 is 127 Å². The lowest BCUT2D eigenvalue weighted by molar-refractivity contribution is -0.158. The van der Waals surface area contributed by atoms with Crippen molar-refractivity contribution in [2.45, 2.75) is 101 Å². The van der Waals surface area contributed by atoms with Crippen LogP contribution in [0, 0.1) is 0 Å². The number of hydrogen-bond acceptors (Lipinski definition) is 25. The van der Waals surface area contributed by atoms with Crippen molar-refractivity contribution in [3.63, 3.8) is 0 Å². The summed E-state index contributed by atoms with van der Waals surface area (Å²) in [6.45, 7) is 15.1.